The molecule has 0 amide bonds. The average Bonchev–Trinajstić information content (AvgIpc) is 2.81. The normalized spacial score (nSPS) is 29.6. The van der Waals surface area contributed by atoms with E-state index in [1.165, 1.54) is 14.2 Å². The lowest BCUT2D eigenvalue weighted by Crippen LogP contribution is -2.62. The number of benzene rings is 2. The molecule has 2 aliphatic rings. The number of ether oxygens (including phenoxy) is 6. The monoisotopic (exact) mass is 444 g/mol. The Morgan fingerprint density at radius 1 is 0.719 bits per heavy atom. The number of methoxy groups -OCH3 is 2. The van der Waals surface area contributed by atoms with Gasteiger partial charge < -0.3 is 39.9 Å². The number of anilines is 2. The van der Waals surface area contributed by atoms with Crippen molar-refractivity contribution in [1.82, 2.24) is 0 Å². The summed E-state index contributed by atoms with van der Waals surface area (Å²) in [6.45, 7) is 0. The summed E-state index contributed by atoms with van der Waals surface area (Å²) in [5.74, 6) is -1.37. The summed E-state index contributed by atoms with van der Waals surface area (Å²) in [6, 6.07) is 13.6. The van der Waals surface area contributed by atoms with E-state index in [9.17, 15) is 9.59 Å². The van der Waals surface area contributed by atoms with E-state index in [1.807, 2.05) is 0 Å². The molecule has 10 heteroatoms. The van der Waals surface area contributed by atoms with Crippen LogP contribution in [0.4, 0.5) is 11.4 Å². The van der Waals surface area contributed by atoms with Crippen molar-refractivity contribution in [3.63, 3.8) is 0 Å². The first-order valence-corrected chi connectivity index (χ1v) is 9.89. The molecule has 6 atom stereocenters. The summed E-state index contributed by atoms with van der Waals surface area (Å²) in [5, 5.41) is 0. The summed E-state index contributed by atoms with van der Waals surface area (Å²) in [4.78, 5) is 25.2. The van der Waals surface area contributed by atoms with Crippen molar-refractivity contribution < 1.29 is 38.0 Å². The van der Waals surface area contributed by atoms with Crippen LogP contribution in [0.3, 0.4) is 0 Å². The van der Waals surface area contributed by atoms with Crippen LogP contribution in [-0.2, 0) is 38.0 Å². The number of esters is 2. The fourth-order valence-electron chi connectivity index (χ4n) is 3.75. The van der Waals surface area contributed by atoms with Gasteiger partial charge in [0.15, 0.2) is 24.8 Å². The maximum atomic E-state index is 12.6. The highest BCUT2D eigenvalue weighted by Crippen LogP contribution is 2.41. The summed E-state index contributed by atoms with van der Waals surface area (Å²) in [6.07, 6.45) is -6.50. The third-order valence-corrected chi connectivity index (χ3v) is 5.26. The van der Waals surface area contributed by atoms with Crippen molar-refractivity contribution in [3.05, 3.63) is 59.7 Å². The zero-order valence-corrected chi connectivity index (χ0v) is 17.5. The van der Waals surface area contributed by atoms with Gasteiger partial charge in [-0.2, -0.15) is 0 Å². The van der Waals surface area contributed by atoms with E-state index in [2.05, 4.69) is 0 Å². The largest absolute Gasteiger partial charge is 0.467 e. The van der Waals surface area contributed by atoms with Crippen molar-refractivity contribution in [2.24, 2.45) is 0 Å². The van der Waals surface area contributed by atoms with Gasteiger partial charge in [0.05, 0.1) is 14.2 Å². The second-order valence-corrected chi connectivity index (χ2v) is 7.37. The van der Waals surface area contributed by atoms with Crippen LogP contribution >= 0.6 is 0 Å². The molecule has 4 rings (SSSR count). The van der Waals surface area contributed by atoms with Gasteiger partial charge in [0.2, 0.25) is 0 Å². The van der Waals surface area contributed by atoms with Crippen LogP contribution in [0.15, 0.2) is 48.5 Å². The highest BCUT2D eigenvalue weighted by atomic mass is 16.8. The third kappa shape index (κ3) is 4.26. The molecule has 2 aromatic carbocycles. The molecule has 0 aliphatic carbocycles. The number of fused-ring (bicyclic) bond motifs is 1. The molecular weight excluding hydrogens is 420 g/mol. The Morgan fingerprint density at radius 3 is 1.47 bits per heavy atom. The Labute approximate surface area is 184 Å². The first-order valence-electron chi connectivity index (χ1n) is 9.89. The van der Waals surface area contributed by atoms with Crippen molar-refractivity contribution in [2.75, 3.05) is 25.7 Å². The topological polar surface area (TPSA) is 142 Å². The molecule has 2 fully saturated rings. The van der Waals surface area contributed by atoms with Crippen molar-refractivity contribution in [3.8, 4) is 0 Å². The lowest BCUT2D eigenvalue weighted by Gasteiger charge is -2.47. The van der Waals surface area contributed by atoms with Crippen LogP contribution in [0.5, 0.6) is 0 Å². The minimum atomic E-state index is -1.20. The number of nitrogens with two attached hydrogens (primary N) is 2. The SMILES string of the molecule is COC(=O)[C@@H]1O[C@H](c2cccc(N)c2)O[C@H]2[C@@H]1O[C@@H](c1cccc(N)c1)O[C@H]2C(=O)OC. The lowest BCUT2D eigenvalue weighted by atomic mass is 9.98. The van der Waals surface area contributed by atoms with Crippen LogP contribution in [-0.4, -0.2) is 50.6 Å². The Kier molecular flexibility index (Phi) is 6.28. The summed E-state index contributed by atoms with van der Waals surface area (Å²) in [7, 11) is 2.47. The predicted molar refractivity (Wildman–Crippen MR) is 111 cm³/mol. The van der Waals surface area contributed by atoms with Crippen molar-refractivity contribution in [1.29, 1.82) is 0 Å². The van der Waals surface area contributed by atoms with E-state index in [4.69, 9.17) is 39.9 Å². The number of nitrogen functional groups attached to an aromatic ring is 2. The smallest absolute Gasteiger partial charge is 0.337 e. The quantitative estimate of drug-likeness (QED) is 0.526. The average molecular weight is 444 g/mol. The molecule has 0 bridgehead atoms. The highest BCUT2D eigenvalue weighted by Gasteiger charge is 2.55. The predicted octanol–water partition coefficient (Wildman–Crippen LogP) is 1.46. The molecule has 0 unspecified atom stereocenters. The zero-order chi connectivity index (χ0) is 22.8. The minimum Gasteiger partial charge on any atom is -0.467 e. The number of hydrogen-bond donors (Lipinski definition) is 2. The summed E-state index contributed by atoms with van der Waals surface area (Å²) < 4.78 is 33.8. The van der Waals surface area contributed by atoms with Crippen LogP contribution in [0.1, 0.15) is 23.7 Å². The fraction of sp³-hybridized carbons (Fsp3) is 0.364. The zero-order valence-electron chi connectivity index (χ0n) is 17.5. The maximum Gasteiger partial charge on any atom is 0.337 e. The van der Waals surface area contributed by atoms with E-state index >= 15 is 0 Å². The van der Waals surface area contributed by atoms with Crippen LogP contribution in [0, 0.1) is 0 Å². The fourth-order valence-corrected chi connectivity index (χ4v) is 3.75. The highest BCUT2D eigenvalue weighted by molar-refractivity contribution is 5.78. The maximum absolute atomic E-state index is 12.6. The van der Waals surface area contributed by atoms with Gasteiger partial charge in [-0.15, -0.1) is 0 Å². The number of carbonyl (C=O) groups is 2. The van der Waals surface area contributed by atoms with Crippen LogP contribution < -0.4 is 11.5 Å². The van der Waals surface area contributed by atoms with Gasteiger partial charge in [0.1, 0.15) is 12.2 Å². The first kappa shape index (κ1) is 22.0. The van der Waals surface area contributed by atoms with Gasteiger partial charge in [0.25, 0.3) is 0 Å². The molecule has 0 radical (unpaired) electrons. The van der Waals surface area contributed by atoms with E-state index in [-0.39, 0.29) is 0 Å². The second-order valence-electron chi connectivity index (χ2n) is 7.37. The number of rotatable bonds is 4. The lowest BCUT2D eigenvalue weighted by molar-refractivity contribution is -0.374. The molecule has 2 aliphatic heterocycles. The standard InChI is InChI=1S/C22H24N2O8/c1-27-19(25)17-15-16(30-21(31-17)11-5-3-7-13(23)9-11)18(20(26)28-2)32-22(29-15)12-6-4-8-14(24)10-12/h3-10,15-18,21-22H,23-24H2,1-2H3/t15-,16-,17+,18+,21+,22+/m0/s1. The molecule has 4 N–H and O–H groups in total. The van der Waals surface area contributed by atoms with E-state index in [0.717, 1.165) is 0 Å². The van der Waals surface area contributed by atoms with Gasteiger partial charge in [0, 0.05) is 22.5 Å². The Balaban J connectivity index is 1.71. The van der Waals surface area contributed by atoms with E-state index in [0.29, 0.717) is 22.5 Å². The Hall–Kier alpha value is -3.18. The molecule has 0 saturated carbocycles. The van der Waals surface area contributed by atoms with Gasteiger partial charge >= 0.3 is 11.9 Å². The Bertz CT molecular complexity index is 920. The van der Waals surface area contributed by atoms with Crippen LogP contribution in [0.25, 0.3) is 0 Å². The third-order valence-electron chi connectivity index (χ3n) is 5.26. The van der Waals surface area contributed by atoms with Gasteiger partial charge in [-0.25, -0.2) is 9.59 Å². The van der Waals surface area contributed by atoms with Crippen LogP contribution in [0.2, 0.25) is 0 Å². The van der Waals surface area contributed by atoms with Gasteiger partial charge in [-0.05, 0) is 24.3 Å². The molecule has 2 saturated heterocycles. The number of hydrogen-bond acceptors (Lipinski definition) is 10. The summed E-state index contributed by atoms with van der Waals surface area (Å²) >= 11 is 0. The second kappa shape index (κ2) is 9.13. The molecule has 2 aromatic rings. The Morgan fingerprint density at radius 2 is 1.12 bits per heavy atom. The molecule has 170 valence electrons. The molecule has 32 heavy (non-hydrogen) atoms. The van der Waals surface area contributed by atoms with E-state index < -0.39 is 48.9 Å². The number of carbonyl (C=O) groups excluding carboxylic acids is 2. The van der Waals surface area contributed by atoms with Crippen molar-refractivity contribution >= 4 is 23.3 Å². The van der Waals surface area contributed by atoms with Gasteiger partial charge in [-0.3, -0.25) is 0 Å². The molecule has 0 spiro atoms. The molecular formula is C22H24N2O8. The van der Waals surface area contributed by atoms with Crippen molar-refractivity contribution in [2.45, 2.75) is 37.0 Å². The summed E-state index contributed by atoms with van der Waals surface area (Å²) in [5.41, 5.74) is 13.8. The molecule has 0 aromatic heterocycles. The minimum absolute atomic E-state index is 0.480. The molecule has 2 heterocycles. The van der Waals surface area contributed by atoms with Gasteiger partial charge in [-0.1, -0.05) is 24.3 Å². The van der Waals surface area contributed by atoms with E-state index in [1.54, 1.807) is 48.5 Å². The molecule has 10 nitrogen and oxygen atoms in total. The first-order chi connectivity index (χ1) is 15.4.